The smallest absolute Gasteiger partial charge is 0.264 e. The van der Waals surface area contributed by atoms with E-state index in [9.17, 15) is 21.6 Å². The van der Waals surface area contributed by atoms with Crippen LogP contribution in [0.15, 0.2) is 101 Å². The van der Waals surface area contributed by atoms with E-state index < -0.39 is 32.5 Å². The highest BCUT2D eigenvalue weighted by molar-refractivity contribution is 7.93. The molecule has 2 N–H and O–H groups in total. The molecule has 4 aromatic carbocycles. The highest BCUT2D eigenvalue weighted by Gasteiger charge is 2.28. The Labute approximate surface area is 250 Å². The first kappa shape index (κ1) is 30.7. The molecule has 1 amide bonds. The maximum Gasteiger partial charge on any atom is 0.264 e. The van der Waals surface area contributed by atoms with Crippen molar-refractivity contribution in [2.45, 2.75) is 16.7 Å². The maximum absolute atomic E-state index is 13.6. The Hall–Kier alpha value is -4.26. The summed E-state index contributed by atoms with van der Waals surface area (Å²) in [6.07, 6.45) is 0. The fraction of sp³-hybridized carbons (Fsp3) is 0.138. The molecule has 0 saturated carbocycles. The van der Waals surface area contributed by atoms with Gasteiger partial charge in [0, 0.05) is 16.8 Å². The molecule has 0 atom stereocenters. The van der Waals surface area contributed by atoms with Crippen molar-refractivity contribution >= 4 is 54.6 Å². The highest BCUT2D eigenvalue weighted by atomic mass is 35.5. The van der Waals surface area contributed by atoms with E-state index in [1.54, 1.807) is 49.4 Å². The Balaban J connectivity index is 1.55. The van der Waals surface area contributed by atoms with Crippen molar-refractivity contribution in [2.24, 2.45) is 0 Å². The summed E-state index contributed by atoms with van der Waals surface area (Å²) in [5.41, 5.74) is 1.30. The average molecular weight is 630 g/mol. The van der Waals surface area contributed by atoms with Gasteiger partial charge in [0.05, 0.1) is 35.4 Å². The Kier molecular flexibility index (Phi) is 9.30. The number of carbonyl (C=O) groups is 1. The summed E-state index contributed by atoms with van der Waals surface area (Å²) in [7, 11) is -5.30. The number of sulfonamides is 2. The molecule has 0 fully saturated rings. The molecule has 220 valence electrons. The predicted molar refractivity (Wildman–Crippen MR) is 163 cm³/mol. The van der Waals surface area contributed by atoms with Crippen LogP contribution in [0.2, 0.25) is 5.02 Å². The van der Waals surface area contributed by atoms with Crippen LogP contribution in [0.1, 0.15) is 5.56 Å². The van der Waals surface area contributed by atoms with Gasteiger partial charge in [-0.05, 0) is 73.2 Å². The lowest BCUT2D eigenvalue weighted by atomic mass is 10.2. The SMILES string of the molecule is COc1ccc(OC)c(NS(=O)(=O)c2ccc(NC(=O)CN(c3cc(Cl)ccc3C)S(=O)(=O)c3ccccc3)cc2)c1. The Morgan fingerprint density at radius 3 is 2.17 bits per heavy atom. The molecule has 42 heavy (non-hydrogen) atoms. The van der Waals surface area contributed by atoms with E-state index in [-0.39, 0.29) is 26.9 Å². The lowest BCUT2D eigenvalue weighted by Crippen LogP contribution is -2.38. The van der Waals surface area contributed by atoms with Gasteiger partial charge in [-0.2, -0.15) is 0 Å². The minimum absolute atomic E-state index is 0.00639. The lowest BCUT2D eigenvalue weighted by Gasteiger charge is -2.26. The molecule has 0 heterocycles. The second-order valence-electron chi connectivity index (χ2n) is 9.00. The zero-order chi connectivity index (χ0) is 30.5. The summed E-state index contributed by atoms with van der Waals surface area (Å²) in [4.78, 5) is 13.0. The van der Waals surface area contributed by atoms with Crippen LogP contribution in [-0.4, -0.2) is 43.5 Å². The molecular formula is C29H28ClN3O7S2. The maximum atomic E-state index is 13.6. The molecule has 4 aromatic rings. The van der Waals surface area contributed by atoms with Crippen LogP contribution in [0.5, 0.6) is 11.5 Å². The zero-order valence-corrected chi connectivity index (χ0v) is 25.3. The number of hydrogen-bond acceptors (Lipinski definition) is 7. The van der Waals surface area contributed by atoms with E-state index in [1.807, 2.05) is 0 Å². The number of nitrogens with one attached hydrogen (secondary N) is 2. The first-order valence-corrected chi connectivity index (χ1v) is 15.7. The molecule has 0 aliphatic rings. The summed E-state index contributed by atoms with van der Waals surface area (Å²) < 4.78 is 67.1. The second kappa shape index (κ2) is 12.7. The van der Waals surface area contributed by atoms with Gasteiger partial charge >= 0.3 is 0 Å². The number of anilines is 3. The van der Waals surface area contributed by atoms with Crippen molar-refractivity contribution in [2.75, 3.05) is 35.1 Å². The number of carbonyl (C=O) groups excluding carboxylic acids is 1. The fourth-order valence-electron chi connectivity index (χ4n) is 4.02. The van der Waals surface area contributed by atoms with E-state index in [1.165, 1.54) is 62.8 Å². The van der Waals surface area contributed by atoms with Crippen LogP contribution >= 0.6 is 11.6 Å². The van der Waals surface area contributed by atoms with Crippen molar-refractivity contribution in [3.8, 4) is 11.5 Å². The number of aryl methyl sites for hydroxylation is 1. The molecule has 13 heteroatoms. The summed E-state index contributed by atoms with van der Waals surface area (Å²) >= 11 is 6.17. The molecule has 0 saturated heterocycles. The summed E-state index contributed by atoms with van der Waals surface area (Å²) in [5.74, 6) is 0.0831. The molecule has 0 spiro atoms. The molecule has 10 nitrogen and oxygen atoms in total. The van der Waals surface area contributed by atoms with Crippen molar-refractivity contribution in [3.05, 3.63) is 102 Å². The van der Waals surface area contributed by atoms with Gasteiger partial charge in [-0.3, -0.25) is 13.8 Å². The minimum atomic E-state index is -4.14. The van der Waals surface area contributed by atoms with Crippen LogP contribution in [0.25, 0.3) is 0 Å². The molecule has 0 aromatic heterocycles. The molecule has 0 aliphatic carbocycles. The third-order valence-corrected chi connectivity index (χ3v) is 9.55. The number of methoxy groups -OCH3 is 2. The van der Waals surface area contributed by atoms with Gasteiger partial charge in [-0.25, -0.2) is 16.8 Å². The standard InChI is InChI=1S/C29H28ClN3O7S2/c1-20-9-10-21(30)17-27(20)33(42(37,38)25-7-5-4-6-8-25)19-29(34)31-22-11-14-24(15-12-22)41(35,36)32-26-18-23(39-2)13-16-28(26)40-3/h4-18,32H,19H2,1-3H3,(H,31,34). The van der Waals surface area contributed by atoms with Crippen LogP contribution < -0.4 is 23.8 Å². The highest BCUT2D eigenvalue weighted by Crippen LogP contribution is 2.32. The number of ether oxygens (including phenoxy) is 2. The van der Waals surface area contributed by atoms with Gasteiger partial charge in [-0.1, -0.05) is 35.9 Å². The minimum Gasteiger partial charge on any atom is -0.497 e. The quantitative estimate of drug-likeness (QED) is 0.230. The van der Waals surface area contributed by atoms with Crippen LogP contribution in [0.4, 0.5) is 17.1 Å². The number of rotatable bonds is 11. The number of nitrogens with zero attached hydrogens (tertiary/aromatic N) is 1. The first-order valence-electron chi connectivity index (χ1n) is 12.4. The summed E-state index contributed by atoms with van der Waals surface area (Å²) in [6.45, 7) is 1.15. The van der Waals surface area contributed by atoms with Gasteiger partial charge < -0.3 is 14.8 Å². The monoisotopic (exact) mass is 629 g/mol. The van der Waals surface area contributed by atoms with Gasteiger partial charge in [0.15, 0.2) is 0 Å². The average Bonchev–Trinajstić information content (AvgIpc) is 2.97. The van der Waals surface area contributed by atoms with E-state index in [0.717, 1.165) is 4.31 Å². The van der Waals surface area contributed by atoms with Crippen LogP contribution in [-0.2, 0) is 24.8 Å². The molecule has 0 aliphatic heterocycles. The largest absolute Gasteiger partial charge is 0.497 e. The normalized spacial score (nSPS) is 11.4. The van der Waals surface area contributed by atoms with Crippen molar-refractivity contribution in [1.29, 1.82) is 0 Å². The topological polar surface area (TPSA) is 131 Å². The lowest BCUT2D eigenvalue weighted by molar-refractivity contribution is -0.114. The predicted octanol–water partition coefficient (Wildman–Crippen LogP) is 5.30. The van der Waals surface area contributed by atoms with Crippen molar-refractivity contribution in [1.82, 2.24) is 0 Å². The number of halogens is 1. The Bertz CT molecular complexity index is 1800. The Morgan fingerprint density at radius 1 is 0.833 bits per heavy atom. The molecular weight excluding hydrogens is 602 g/mol. The Morgan fingerprint density at radius 2 is 1.52 bits per heavy atom. The van der Waals surface area contributed by atoms with E-state index in [4.69, 9.17) is 21.1 Å². The summed E-state index contributed by atoms with van der Waals surface area (Å²) in [5, 5.41) is 2.94. The number of hydrogen-bond donors (Lipinski definition) is 2. The van der Waals surface area contributed by atoms with Gasteiger partial charge in [0.25, 0.3) is 20.0 Å². The fourth-order valence-corrected chi connectivity index (χ4v) is 6.74. The second-order valence-corrected chi connectivity index (χ2v) is 13.0. The molecule has 4 rings (SSSR count). The zero-order valence-electron chi connectivity index (χ0n) is 22.9. The third kappa shape index (κ3) is 6.96. The van der Waals surface area contributed by atoms with Crippen LogP contribution in [0, 0.1) is 6.92 Å². The van der Waals surface area contributed by atoms with Gasteiger partial charge in [0.2, 0.25) is 5.91 Å². The molecule has 0 bridgehead atoms. The van der Waals surface area contributed by atoms with Crippen molar-refractivity contribution < 1.29 is 31.1 Å². The number of benzene rings is 4. The van der Waals surface area contributed by atoms with E-state index in [0.29, 0.717) is 22.1 Å². The third-order valence-electron chi connectivity index (χ3n) is 6.16. The van der Waals surface area contributed by atoms with Crippen molar-refractivity contribution in [3.63, 3.8) is 0 Å². The summed E-state index contributed by atoms with van der Waals surface area (Å²) in [6, 6.07) is 22.6. The van der Waals surface area contributed by atoms with Crippen LogP contribution in [0.3, 0.4) is 0 Å². The molecule has 0 radical (unpaired) electrons. The first-order chi connectivity index (χ1) is 19.9. The number of amides is 1. The van der Waals surface area contributed by atoms with E-state index in [2.05, 4.69) is 10.0 Å². The van der Waals surface area contributed by atoms with E-state index >= 15 is 0 Å². The molecule has 0 unspecified atom stereocenters. The van der Waals surface area contributed by atoms with Gasteiger partial charge in [-0.15, -0.1) is 0 Å². The van der Waals surface area contributed by atoms with Gasteiger partial charge in [0.1, 0.15) is 18.0 Å².